The maximum atomic E-state index is 13.1. The number of amides is 1. The fraction of sp³-hybridized carbons (Fsp3) is 0.480. The molecule has 1 amide bonds. The van der Waals surface area contributed by atoms with E-state index in [0.29, 0.717) is 25.2 Å². The monoisotopic (exact) mass is 455 g/mol. The van der Waals surface area contributed by atoms with Crippen molar-refractivity contribution < 1.29 is 13.2 Å². The van der Waals surface area contributed by atoms with Gasteiger partial charge in [-0.05, 0) is 68.0 Å². The summed E-state index contributed by atoms with van der Waals surface area (Å²) in [7, 11) is -3.59. The highest BCUT2D eigenvalue weighted by Crippen LogP contribution is 2.23. The van der Waals surface area contributed by atoms with Crippen LogP contribution in [0.2, 0.25) is 0 Å². The number of nitrogens with zero attached hydrogens (tertiary/aromatic N) is 2. The number of sulfonamides is 1. The third-order valence-electron chi connectivity index (χ3n) is 6.52. The SMILES string of the molecule is Cc1ccc(S(=O)(=O)N2CCCCCC2)cc1C(=O)NCc1ccc(N2CCCC2)cc1. The summed E-state index contributed by atoms with van der Waals surface area (Å²) in [6.45, 7) is 5.54. The first-order chi connectivity index (χ1) is 15.4. The van der Waals surface area contributed by atoms with E-state index in [0.717, 1.165) is 49.9 Å². The van der Waals surface area contributed by atoms with Crippen molar-refractivity contribution in [1.29, 1.82) is 0 Å². The Hall–Kier alpha value is -2.38. The van der Waals surface area contributed by atoms with E-state index >= 15 is 0 Å². The van der Waals surface area contributed by atoms with Crippen LogP contribution in [0.25, 0.3) is 0 Å². The Morgan fingerprint density at radius 2 is 1.50 bits per heavy atom. The highest BCUT2D eigenvalue weighted by molar-refractivity contribution is 7.89. The molecule has 2 aliphatic rings. The van der Waals surface area contributed by atoms with E-state index in [2.05, 4.69) is 22.3 Å². The van der Waals surface area contributed by atoms with Gasteiger partial charge in [0.1, 0.15) is 0 Å². The minimum Gasteiger partial charge on any atom is -0.372 e. The van der Waals surface area contributed by atoms with E-state index in [1.165, 1.54) is 24.6 Å². The van der Waals surface area contributed by atoms with Gasteiger partial charge in [0.25, 0.3) is 5.91 Å². The van der Waals surface area contributed by atoms with Crippen LogP contribution in [0, 0.1) is 6.92 Å². The van der Waals surface area contributed by atoms with Gasteiger partial charge in [-0.15, -0.1) is 0 Å². The molecule has 2 saturated heterocycles. The van der Waals surface area contributed by atoms with Crippen molar-refractivity contribution in [3.05, 3.63) is 59.2 Å². The molecule has 0 aromatic heterocycles. The van der Waals surface area contributed by atoms with Crippen LogP contribution in [0.3, 0.4) is 0 Å². The smallest absolute Gasteiger partial charge is 0.251 e. The zero-order valence-electron chi connectivity index (χ0n) is 18.8. The number of benzene rings is 2. The summed E-state index contributed by atoms with van der Waals surface area (Å²) in [6, 6.07) is 13.2. The highest BCUT2D eigenvalue weighted by Gasteiger charge is 2.26. The Labute approximate surface area is 191 Å². The number of rotatable bonds is 6. The molecule has 7 heteroatoms. The van der Waals surface area contributed by atoms with Crippen LogP contribution in [0.4, 0.5) is 5.69 Å². The van der Waals surface area contributed by atoms with Gasteiger partial charge in [-0.25, -0.2) is 8.42 Å². The van der Waals surface area contributed by atoms with Gasteiger partial charge in [-0.1, -0.05) is 31.0 Å². The lowest BCUT2D eigenvalue weighted by atomic mass is 10.1. The molecule has 0 atom stereocenters. The molecule has 0 aliphatic carbocycles. The number of anilines is 1. The Bertz CT molecular complexity index is 1040. The minimum absolute atomic E-state index is 0.199. The molecule has 0 saturated carbocycles. The number of carbonyl (C=O) groups is 1. The van der Waals surface area contributed by atoms with E-state index in [1.54, 1.807) is 16.4 Å². The molecule has 32 heavy (non-hydrogen) atoms. The molecule has 172 valence electrons. The fourth-order valence-electron chi connectivity index (χ4n) is 4.51. The van der Waals surface area contributed by atoms with Gasteiger partial charge in [0, 0.05) is 44.0 Å². The number of hydrogen-bond acceptors (Lipinski definition) is 4. The summed E-state index contributed by atoms with van der Waals surface area (Å²) in [5.41, 5.74) is 3.42. The largest absolute Gasteiger partial charge is 0.372 e. The molecule has 2 heterocycles. The second-order valence-electron chi connectivity index (χ2n) is 8.84. The summed E-state index contributed by atoms with van der Waals surface area (Å²) >= 11 is 0. The molecule has 6 nitrogen and oxygen atoms in total. The lowest BCUT2D eigenvalue weighted by Gasteiger charge is -2.20. The number of hydrogen-bond donors (Lipinski definition) is 1. The molecule has 4 rings (SSSR count). The number of aryl methyl sites for hydroxylation is 1. The average molecular weight is 456 g/mol. The molecule has 1 N–H and O–H groups in total. The third kappa shape index (κ3) is 5.15. The average Bonchev–Trinajstić information content (AvgIpc) is 3.19. The minimum atomic E-state index is -3.59. The molecule has 0 spiro atoms. The van der Waals surface area contributed by atoms with Gasteiger partial charge in [0.2, 0.25) is 10.0 Å². The van der Waals surface area contributed by atoms with Crippen LogP contribution < -0.4 is 10.2 Å². The van der Waals surface area contributed by atoms with E-state index in [1.807, 2.05) is 19.1 Å². The quantitative estimate of drug-likeness (QED) is 0.712. The van der Waals surface area contributed by atoms with Crippen LogP contribution >= 0.6 is 0 Å². The van der Waals surface area contributed by atoms with E-state index in [9.17, 15) is 13.2 Å². The van der Waals surface area contributed by atoms with Crippen molar-refractivity contribution in [1.82, 2.24) is 9.62 Å². The zero-order chi connectivity index (χ0) is 22.6. The van der Waals surface area contributed by atoms with Crippen molar-refractivity contribution in [3.8, 4) is 0 Å². The van der Waals surface area contributed by atoms with Crippen molar-refractivity contribution in [2.24, 2.45) is 0 Å². The van der Waals surface area contributed by atoms with Gasteiger partial charge in [0.05, 0.1) is 4.90 Å². The summed E-state index contributed by atoms with van der Waals surface area (Å²) in [5.74, 6) is -0.251. The standard InChI is InChI=1S/C25H33N3O3S/c1-20-8-13-23(32(30,31)28-16-4-2-3-5-17-28)18-24(20)25(29)26-19-21-9-11-22(12-10-21)27-14-6-7-15-27/h8-13,18H,2-7,14-17,19H2,1H3,(H,26,29). The van der Waals surface area contributed by atoms with Gasteiger partial charge >= 0.3 is 0 Å². The summed E-state index contributed by atoms with van der Waals surface area (Å²) in [5, 5.41) is 2.95. The van der Waals surface area contributed by atoms with Crippen LogP contribution in [-0.2, 0) is 16.6 Å². The molecule has 0 unspecified atom stereocenters. The van der Waals surface area contributed by atoms with Gasteiger partial charge in [-0.3, -0.25) is 4.79 Å². The van der Waals surface area contributed by atoms with Crippen LogP contribution in [0.15, 0.2) is 47.4 Å². The van der Waals surface area contributed by atoms with Crippen molar-refractivity contribution in [2.75, 3.05) is 31.1 Å². The molecule has 2 aromatic carbocycles. The number of carbonyl (C=O) groups excluding carboxylic acids is 1. The Kier molecular flexibility index (Phi) is 7.16. The Morgan fingerprint density at radius 1 is 0.875 bits per heavy atom. The second kappa shape index (κ2) is 10.0. The maximum absolute atomic E-state index is 13.1. The number of nitrogens with one attached hydrogen (secondary N) is 1. The zero-order valence-corrected chi connectivity index (χ0v) is 19.7. The van der Waals surface area contributed by atoms with Gasteiger partial charge in [-0.2, -0.15) is 4.31 Å². The van der Waals surface area contributed by atoms with Gasteiger partial charge < -0.3 is 10.2 Å². The lowest BCUT2D eigenvalue weighted by Crippen LogP contribution is -2.32. The molecular weight excluding hydrogens is 422 g/mol. The second-order valence-corrected chi connectivity index (χ2v) is 10.8. The van der Waals surface area contributed by atoms with Gasteiger partial charge in [0.15, 0.2) is 0 Å². The summed E-state index contributed by atoms with van der Waals surface area (Å²) in [4.78, 5) is 15.5. The molecule has 2 aliphatic heterocycles. The van der Waals surface area contributed by atoms with Crippen LogP contribution in [0.5, 0.6) is 0 Å². The Balaban J connectivity index is 1.44. The first-order valence-electron chi connectivity index (χ1n) is 11.7. The molecule has 2 aromatic rings. The predicted molar refractivity (Wildman–Crippen MR) is 127 cm³/mol. The molecule has 0 bridgehead atoms. The lowest BCUT2D eigenvalue weighted by molar-refractivity contribution is 0.0950. The molecule has 2 fully saturated rings. The topological polar surface area (TPSA) is 69.7 Å². The van der Waals surface area contributed by atoms with Crippen molar-refractivity contribution in [2.45, 2.75) is 56.9 Å². The first kappa shape index (κ1) is 22.8. The van der Waals surface area contributed by atoms with Crippen LogP contribution in [-0.4, -0.2) is 44.8 Å². The highest BCUT2D eigenvalue weighted by atomic mass is 32.2. The third-order valence-corrected chi connectivity index (χ3v) is 8.41. The van der Waals surface area contributed by atoms with Crippen LogP contribution in [0.1, 0.15) is 60.0 Å². The van der Waals surface area contributed by atoms with E-state index in [4.69, 9.17) is 0 Å². The normalized spacial score (nSPS) is 17.8. The predicted octanol–water partition coefficient (Wildman–Crippen LogP) is 4.09. The fourth-order valence-corrected chi connectivity index (χ4v) is 6.06. The maximum Gasteiger partial charge on any atom is 0.251 e. The molecular formula is C25H33N3O3S. The summed E-state index contributed by atoms with van der Waals surface area (Å²) < 4.78 is 27.8. The van der Waals surface area contributed by atoms with E-state index in [-0.39, 0.29) is 10.8 Å². The summed E-state index contributed by atoms with van der Waals surface area (Å²) in [6.07, 6.45) is 6.37. The Morgan fingerprint density at radius 3 is 2.16 bits per heavy atom. The van der Waals surface area contributed by atoms with E-state index < -0.39 is 10.0 Å². The van der Waals surface area contributed by atoms with Crippen molar-refractivity contribution >= 4 is 21.6 Å². The molecule has 0 radical (unpaired) electrons. The first-order valence-corrected chi connectivity index (χ1v) is 13.1. The van der Waals surface area contributed by atoms with Crippen molar-refractivity contribution in [3.63, 3.8) is 0 Å².